The van der Waals surface area contributed by atoms with Crippen molar-refractivity contribution in [2.45, 2.75) is 38.9 Å². The summed E-state index contributed by atoms with van der Waals surface area (Å²) >= 11 is 0. The SMILES string of the molecule is CC(=O)N1c2cc3c(cc2C(N(Cc2ccccc2)C(=O)O)CC1C)OCO3. The Kier molecular flexibility index (Phi) is 4.58. The number of carboxylic acid groups (broad SMARTS) is 1. The predicted molar refractivity (Wildman–Crippen MR) is 103 cm³/mol. The highest BCUT2D eigenvalue weighted by Crippen LogP contribution is 2.47. The first kappa shape index (κ1) is 18.2. The molecule has 2 aliphatic rings. The van der Waals surface area contributed by atoms with Gasteiger partial charge in [0.2, 0.25) is 12.7 Å². The zero-order valence-corrected chi connectivity index (χ0v) is 15.8. The van der Waals surface area contributed by atoms with Gasteiger partial charge in [0.1, 0.15) is 0 Å². The predicted octanol–water partition coefficient (Wildman–Crippen LogP) is 3.78. The van der Waals surface area contributed by atoms with Crippen LogP contribution in [0.1, 0.15) is 37.4 Å². The molecule has 0 spiro atoms. The van der Waals surface area contributed by atoms with E-state index in [2.05, 4.69) is 0 Å². The van der Waals surface area contributed by atoms with Crippen LogP contribution >= 0.6 is 0 Å². The molecule has 0 aliphatic carbocycles. The largest absolute Gasteiger partial charge is 0.465 e. The molecule has 2 atom stereocenters. The van der Waals surface area contributed by atoms with Crippen molar-refractivity contribution in [3.8, 4) is 11.5 Å². The first-order valence-corrected chi connectivity index (χ1v) is 9.22. The van der Waals surface area contributed by atoms with Crippen molar-refractivity contribution >= 4 is 17.7 Å². The van der Waals surface area contributed by atoms with Crippen molar-refractivity contribution in [3.63, 3.8) is 0 Å². The molecular weight excluding hydrogens is 360 g/mol. The van der Waals surface area contributed by atoms with Crippen LogP contribution in [0.25, 0.3) is 0 Å². The molecule has 2 aromatic carbocycles. The van der Waals surface area contributed by atoms with Gasteiger partial charge >= 0.3 is 6.09 Å². The van der Waals surface area contributed by atoms with Gasteiger partial charge in [0.15, 0.2) is 11.5 Å². The Hall–Kier alpha value is -3.22. The van der Waals surface area contributed by atoms with E-state index in [9.17, 15) is 14.7 Å². The highest BCUT2D eigenvalue weighted by Gasteiger charge is 2.39. The van der Waals surface area contributed by atoms with Crippen LogP contribution in [-0.4, -0.2) is 34.8 Å². The van der Waals surface area contributed by atoms with E-state index in [0.717, 1.165) is 11.1 Å². The number of rotatable bonds is 3. The quantitative estimate of drug-likeness (QED) is 0.874. The molecule has 2 unspecified atom stereocenters. The molecule has 2 aromatic rings. The third-order valence-corrected chi connectivity index (χ3v) is 5.30. The smallest absolute Gasteiger partial charge is 0.408 e. The van der Waals surface area contributed by atoms with Gasteiger partial charge in [-0.1, -0.05) is 30.3 Å². The van der Waals surface area contributed by atoms with Crippen LogP contribution < -0.4 is 14.4 Å². The Morgan fingerprint density at radius 1 is 1.18 bits per heavy atom. The zero-order valence-electron chi connectivity index (χ0n) is 15.8. The lowest BCUT2D eigenvalue weighted by Gasteiger charge is -2.42. The molecule has 1 N–H and O–H groups in total. The third-order valence-electron chi connectivity index (χ3n) is 5.30. The molecule has 0 saturated carbocycles. The molecule has 146 valence electrons. The molecule has 0 saturated heterocycles. The second-order valence-electron chi connectivity index (χ2n) is 7.15. The van der Waals surface area contributed by atoms with Crippen LogP contribution in [0, 0.1) is 0 Å². The average molecular weight is 382 g/mol. The number of carbonyl (C=O) groups excluding carboxylic acids is 1. The van der Waals surface area contributed by atoms with E-state index in [1.54, 1.807) is 11.0 Å². The second-order valence-corrected chi connectivity index (χ2v) is 7.15. The highest BCUT2D eigenvalue weighted by molar-refractivity contribution is 5.94. The summed E-state index contributed by atoms with van der Waals surface area (Å²) in [5.74, 6) is 1.06. The van der Waals surface area contributed by atoms with E-state index >= 15 is 0 Å². The normalized spacial score (nSPS) is 19.9. The Bertz CT molecular complexity index is 915. The summed E-state index contributed by atoms with van der Waals surface area (Å²) in [6, 6.07) is 12.5. The number of anilines is 1. The van der Waals surface area contributed by atoms with Crippen LogP contribution in [0.4, 0.5) is 10.5 Å². The number of hydrogen-bond acceptors (Lipinski definition) is 4. The fourth-order valence-electron chi connectivity index (χ4n) is 4.08. The summed E-state index contributed by atoms with van der Waals surface area (Å²) < 4.78 is 11.0. The summed E-state index contributed by atoms with van der Waals surface area (Å²) in [7, 11) is 0. The summed E-state index contributed by atoms with van der Waals surface area (Å²) in [6.07, 6.45) is -0.494. The minimum absolute atomic E-state index is 0.0870. The first-order valence-electron chi connectivity index (χ1n) is 9.22. The van der Waals surface area contributed by atoms with E-state index < -0.39 is 12.1 Å². The maximum Gasteiger partial charge on any atom is 0.408 e. The molecular formula is C21H22N2O5. The van der Waals surface area contributed by atoms with Crippen LogP contribution in [0.15, 0.2) is 42.5 Å². The fraction of sp³-hybridized carbons (Fsp3) is 0.333. The molecule has 2 amide bonds. The van der Waals surface area contributed by atoms with Gasteiger partial charge in [-0.25, -0.2) is 4.79 Å². The van der Waals surface area contributed by atoms with Crippen molar-refractivity contribution in [2.24, 2.45) is 0 Å². The highest BCUT2D eigenvalue weighted by atomic mass is 16.7. The maximum absolute atomic E-state index is 12.3. The van der Waals surface area contributed by atoms with Gasteiger partial charge in [-0.05, 0) is 25.0 Å². The molecule has 2 heterocycles. The van der Waals surface area contributed by atoms with Crippen LogP contribution in [0.3, 0.4) is 0 Å². The summed E-state index contributed by atoms with van der Waals surface area (Å²) in [5, 5.41) is 9.96. The van der Waals surface area contributed by atoms with Gasteiger partial charge in [0, 0.05) is 31.1 Å². The minimum Gasteiger partial charge on any atom is -0.465 e. The topological polar surface area (TPSA) is 79.3 Å². The molecule has 2 aliphatic heterocycles. The summed E-state index contributed by atoms with van der Waals surface area (Å²) in [6.45, 7) is 3.83. The van der Waals surface area contributed by atoms with Crippen LogP contribution in [0.5, 0.6) is 11.5 Å². The monoisotopic (exact) mass is 382 g/mol. The molecule has 28 heavy (non-hydrogen) atoms. The first-order chi connectivity index (χ1) is 13.5. The number of hydrogen-bond donors (Lipinski definition) is 1. The van der Waals surface area contributed by atoms with Crippen molar-refractivity contribution in [1.82, 2.24) is 4.90 Å². The maximum atomic E-state index is 12.3. The molecule has 0 fully saturated rings. The van der Waals surface area contributed by atoms with Crippen molar-refractivity contribution in [3.05, 3.63) is 53.6 Å². The van der Waals surface area contributed by atoms with Crippen LogP contribution in [0.2, 0.25) is 0 Å². The molecule has 4 rings (SSSR count). The Morgan fingerprint density at radius 2 is 1.86 bits per heavy atom. The van der Waals surface area contributed by atoms with E-state index in [4.69, 9.17) is 9.47 Å². The van der Waals surface area contributed by atoms with Crippen molar-refractivity contribution in [2.75, 3.05) is 11.7 Å². The fourth-order valence-corrected chi connectivity index (χ4v) is 4.08. The Balaban J connectivity index is 1.79. The zero-order chi connectivity index (χ0) is 19.8. The summed E-state index contributed by atoms with van der Waals surface area (Å²) in [5.41, 5.74) is 2.35. The number of ether oxygens (including phenoxy) is 2. The molecule has 0 radical (unpaired) electrons. The van der Waals surface area contributed by atoms with Gasteiger partial charge in [-0.15, -0.1) is 0 Å². The lowest BCUT2D eigenvalue weighted by atomic mass is 9.89. The van der Waals surface area contributed by atoms with Crippen molar-refractivity contribution in [1.29, 1.82) is 0 Å². The van der Waals surface area contributed by atoms with E-state index in [1.165, 1.54) is 11.8 Å². The standard InChI is InChI=1S/C21H22N2O5/c1-13-8-17(22(21(25)26)11-15-6-4-3-5-7-15)16-9-19-20(28-12-27-19)10-18(16)23(13)14(2)24/h3-7,9-10,13,17H,8,11-12H2,1-2H3,(H,25,26). The third kappa shape index (κ3) is 3.13. The summed E-state index contributed by atoms with van der Waals surface area (Å²) in [4.78, 5) is 27.6. The van der Waals surface area contributed by atoms with Crippen LogP contribution in [-0.2, 0) is 11.3 Å². The van der Waals surface area contributed by atoms with Gasteiger partial charge in [0.25, 0.3) is 0 Å². The van der Waals surface area contributed by atoms with Gasteiger partial charge < -0.3 is 19.5 Å². The van der Waals surface area contributed by atoms with Gasteiger partial charge in [0.05, 0.1) is 11.7 Å². The van der Waals surface area contributed by atoms with E-state index in [1.807, 2.05) is 43.3 Å². The lowest BCUT2D eigenvalue weighted by Crippen LogP contribution is -2.46. The molecule has 0 aromatic heterocycles. The molecule has 7 heteroatoms. The Morgan fingerprint density at radius 3 is 2.50 bits per heavy atom. The second kappa shape index (κ2) is 7.07. The number of fused-ring (bicyclic) bond motifs is 2. The number of amides is 2. The average Bonchev–Trinajstić information content (AvgIpc) is 3.11. The van der Waals surface area contributed by atoms with Gasteiger partial charge in [-0.3, -0.25) is 9.69 Å². The van der Waals surface area contributed by atoms with E-state index in [-0.39, 0.29) is 25.3 Å². The van der Waals surface area contributed by atoms with Gasteiger partial charge in [-0.2, -0.15) is 0 Å². The lowest BCUT2D eigenvalue weighted by molar-refractivity contribution is -0.117. The number of benzene rings is 2. The number of carbonyl (C=O) groups is 2. The number of nitrogens with zero attached hydrogens (tertiary/aromatic N) is 2. The minimum atomic E-state index is -0.999. The van der Waals surface area contributed by atoms with E-state index in [0.29, 0.717) is 23.6 Å². The Labute approximate surface area is 163 Å². The molecule has 7 nitrogen and oxygen atoms in total. The molecule has 0 bridgehead atoms. The van der Waals surface area contributed by atoms with Crippen molar-refractivity contribution < 1.29 is 24.2 Å².